The maximum Gasteiger partial charge on any atom is 0.326 e. The van der Waals surface area contributed by atoms with Crippen LogP contribution in [0.3, 0.4) is 0 Å². The number of allylic oxidation sites excluding steroid dienone is 2. The van der Waals surface area contributed by atoms with Gasteiger partial charge in [0.05, 0.1) is 17.7 Å². The Morgan fingerprint density at radius 1 is 1.26 bits per heavy atom. The Balaban J connectivity index is 1.83. The molecule has 6 heteroatoms. The number of amides is 2. The minimum Gasteiger partial charge on any atom is -0.317 e. The second kappa shape index (κ2) is 9.07. The lowest BCUT2D eigenvalue weighted by molar-refractivity contribution is 0.0266. The maximum absolute atomic E-state index is 13.2. The Hall–Kier alpha value is -2.91. The van der Waals surface area contributed by atoms with Crippen LogP contribution in [0.15, 0.2) is 59.4 Å². The molecule has 0 atom stereocenters. The third kappa shape index (κ3) is 4.03. The number of benzene rings is 1. The van der Waals surface area contributed by atoms with Crippen LogP contribution in [0.5, 0.6) is 0 Å². The number of aliphatic imine (C=N–C) groups is 1. The monoisotopic (exact) mass is 419 g/mol. The zero-order valence-corrected chi connectivity index (χ0v) is 19.1. The molecule has 0 N–H and O–H groups in total. The summed E-state index contributed by atoms with van der Waals surface area (Å²) >= 11 is 0. The molecule has 6 nitrogen and oxygen atoms in total. The lowest BCUT2D eigenvalue weighted by Crippen LogP contribution is -2.55. The summed E-state index contributed by atoms with van der Waals surface area (Å²) in [5.41, 5.74) is 1.55. The van der Waals surface area contributed by atoms with Gasteiger partial charge in [0.2, 0.25) is 0 Å². The average Bonchev–Trinajstić information content (AvgIpc) is 3.06. The van der Waals surface area contributed by atoms with Crippen molar-refractivity contribution in [2.24, 2.45) is 4.99 Å². The number of carbonyl (C=O) groups excluding carboxylic acids is 1. The van der Waals surface area contributed by atoms with E-state index >= 15 is 0 Å². The van der Waals surface area contributed by atoms with Gasteiger partial charge in [0.1, 0.15) is 11.9 Å². The second-order valence-electron chi connectivity index (χ2n) is 8.66. The van der Waals surface area contributed by atoms with E-state index in [2.05, 4.69) is 67.0 Å². The van der Waals surface area contributed by atoms with Gasteiger partial charge >= 0.3 is 6.03 Å². The van der Waals surface area contributed by atoms with Crippen LogP contribution in [0, 0.1) is 11.3 Å². The number of likely N-dealkylation sites (N-methyl/N-ethyl adjacent to an activating group) is 1. The van der Waals surface area contributed by atoms with Crippen molar-refractivity contribution in [3.63, 3.8) is 0 Å². The van der Waals surface area contributed by atoms with Crippen LogP contribution in [0.1, 0.15) is 45.1 Å². The van der Waals surface area contributed by atoms with Gasteiger partial charge < -0.3 is 4.90 Å². The predicted octanol–water partition coefficient (Wildman–Crippen LogP) is 4.53. The molecule has 1 saturated heterocycles. The first-order chi connectivity index (χ1) is 14.8. The predicted molar refractivity (Wildman–Crippen MR) is 124 cm³/mol. The molecule has 1 aromatic rings. The van der Waals surface area contributed by atoms with Crippen LogP contribution in [0.2, 0.25) is 0 Å². The average molecular weight is 420 g/mol. The molecule has 0 aromatic heterocycles. The van der Waals surface area contributed by atoms with Gasteiger partial charge in [0.25, 0.3) is 0 Å². The minimum atomic E-state index is -0.211. The first-order valence-corrected chi connectivity index (χ1v) is 10.9. The molecule has 3 rings (SSSR count). The normalized spacial score (nSPS) is 26.8. The molecule has 2 fully saturated rings. The third-order valence-corrected chi connectivity index (χ3v) is 7.08. The number of nitrogens with zero attached hydrogens (tertiary/aromatic N) is 5. The molecule has 164 valence electrons. The number of urea groups is 1. The summed E-state index contributed by atoms with van der Waals surface area (Å²) in [6, 6.07) is 12.7. The Bertz CT molecular complexity index is 917. The van der Waals surface area contributed by atoms with Gasteiger partial charge in [-0.3, -0.25) is 9.80 Å². The molecule has 1 heterocycles. The van der Waals surface area contributed by atoms with E-state index in [0.29, 0.717) is 24.5 Å². The first-order valence-electron chi connectivity index (χ1n) is 10.9. The largest absolute Gasteiger partial charge is 0.326 e. The smallest absolute Gasteiger partial charge is 0.317 e. The van der Waals surface area contributed by atoms with Crippen LogP contribution in [0.4, 0.5) is 4.79 Å². The Morgan fingerprint density at radius 2 is 1.90 bits per heavy atom. The first kappa shape index (κ1) is 22.8. The second-order valence-corrected chi connectivity index (χ2v) is 8.66. The molecule has 1 aliphatic carbocycles. The summed E-state index contributed by atoms with van der Waals surface area (Å²) in [6.07, 6.45) is 6.97. The van der Waals surface area contributed by atoms with Gasteiger partial charge in [-0.05, 0) is 59.2 Å². The number of rotatable bonds is 6. The van der Waals surface area contributed by atoms with Crippen LogP contribution < -0.4 is 0 Å². The maximum atomic E-state index is 13.2. The highest BCUT2D eigenvalue weighted by Gasteiger charge is 2.54. The van der Waals surface area contributed by atoms with Crippen molar-refractivity contribution in [2.45, 2.75) is 50.6 Å². The minimum absolute atomic E-state index is 0.0227. The third-order valence-electron chi connectivity index (χ3n) is 7.08. The topological polar surface area (TPSA) is 62.9 Å². The van der Waals surface area contributed by atoms with Crippen molar-refractivity contribution < 1.29 is 4.79 Å². The number of carbonyl (C=O) groups is 1. The van der Waals surface area contributed by atoms with Gasteiger partial charge in [-0.25, -0.2) is 9.79 Å². The highest BCUT2D eigenvalue weighted by Crippen LogP contribution is 2.49. The van der Waals surface area contributed by atoms with Crippen molar-refractivity contribution in [1.29, 1.82) is 5.26 Å². The van der Waals surface area contributed by atoms with Crippen LogP contribution in [-0.2, 0) is 5.54 Å². The number of nitriles is 1. The Kier molecular flexibility index (Phi) is 6.66. The van der Waals surface area contributed by atoms with Gasteiger partial charge in [0, 0.05) is 18.3 Å². The molecular formula is C25H33N5O. The fraction of sp³-hybridized carbons (Fsp3) is 0.480. The van der Waals surface area contributed by atoms with Crippen LogP contribution in [0.25, 0.3) is 0 Å². The number of hydrogen-bond donors (Lipinski definition) is 0. The van der Waals surface area contributed by atoms with Crippen LogP contribution >= 0.6 is 0 Å². The van der Waals surface area contributed by atoms with Crippen molar-refractivity contribution in [3.05, 3.63) is 59.9 Å². The van der Waals surface area contributed by atoms with Crippen molar-refractivity contribution >= 4 is 12.2 Å². The van der Waals surface area contributed by atoms with Gasteiger partial charge in [-0.1, -0.05) is 43.0 Å². The Morgan fingerprint density at radius 3 is 2.42 bits per heavy atom. The molecule has 0 unspecified atom stereocenters. The summed E-state index contributed by atoms with van der Waals surface area (Å²) in [5, 5.41) is 9.09. The van der Waals surface area contributed by atoms with E-state index in [-0.39, 0.29) is 17.1 Å². The molecular weight excluding hydrogens is 386 g/mol. The van der Waals surface area contributed by atoms with Gasteiger partial charge in [-0.2, -0.15) is 5.26 Å². The van der Waals surface area contributed by atoms with Crippen molar-refractivity contribution in [3.8, 4) is 6.07 Å². The molecule has 0 bridgehead atoms. The van der Waals surface area contributed by atoms with E-state index in [9.17, 15) is 4.79 Å². The summed E-state index contributed by atoms with van der Waals surface area (Å²) < 4.78 is 0. The molecule has 1 spiro atoms. The number of hydrogen-bond acceptors (Lipinski definition) is 4. The Labute approximate surface area is 186 Å². The van der Waals surface area contributed by atoms with Gasteiger partial charge in [-0.15, -0.1) is 0 Å². The quantitative estimate of drug-likeness (QED) is 0.503. The van der Waals surface area contributed by atoms with E-state index in [1.54, 1.807) is 17.9 Å². The fourth-order valence-electron chi connectivity index (χ4n) is 5.15. The van der Waals surface area contributed by atoms with E-state index in [0.717, 1.165) is 25.7 Å². The highest BCUT2D eigenvalue weighted by atomic mass is 16.2. The highest BCUT2D eigenvalue weighted by molar-refractivity contribution is 5.85. The van der Waals surface area contributed by atoms with Gasteiger partial charge in [0.15, 0.2) is 0 Å². The summed E-state index contributed by atoms with van der Waals surface area (Å²) in [5.74, 6) is 0.391. The molecule has 2 amide bonds. The lowest BCUT2D eigenvalue weighted by Gasteiger charge is -2.50. The van der Waals surface area contributed by atoms with E-state index in [4.69, 9.17) is 5.26 Å². The fourth-order valence-corrected chi connectivity index (χ4v) is 5.15. The molecule has 0 radical (unpaired) electrons. The summed E-state index contributed by atoms with van der Waals surface area (Å²) in [4.78, 5) is 23.5. The molecule has 1 aliphatic heterocycles. The van der Waals surface area contributed by atoms with Crippen molar-refractivity contribution in [2.75, 3.05) is 27.2 Å². The van der Waals surface area contributed by atoms with Crippen LogP contribution in [-0.4, -0.2) is 59.7 Å². The summed E-state index contributed by atoms with van der Waals surface area (Å²) in [6.45, 7) is 9.08. The molecule has 31 heavy (non-hydrogen) atoms. The standard InChI is InChI=1S/C25H33N5O/c1-6-21(17-26)18-27-20(3)29-19-24(30(7-2)23(29)31)13-15-25(16-14-24,28(4)5)22-11-9-8-10-12-22/h6,8-12,18H,3,7,13-16,19H2,1-2,4-5H3/b21-6-,27-18?. The van der Waals surface area contributed by atoms with Crippen molar-refractivity contribution in [1.82, 2.24) is 14.7 Å². The molecule has 2 aliphatic rings. The van der Waals surface area contributed by atoms with E-state index in [1.807, 2.05) is 11.8 Å². The zero-order chi connectivity index (χ0) is 22.6. The summed E-state index contributed by atoms with van der Waals surface area (Å²) in [7, 11) is 4.30. The molecule has 1 aromatic carbocycles. The van der Waals surface area contributed by atoms with E-state index < -0.39 is 0 Å². The van der Waals surface area contributed by atoms with E-state index in [1.165, 1.54) is 11.8 Å². The SMILES string of the molecule is C=C(N=C/C(C#N)=C\C)N1CC2(CCC(c3ccccc3)(N(C)C)CC2)N(CC)C1=O. The molecule has 1 saturated carbocycles. The zero-order valence-electron chi connectivity index (χ0n) is 19.1. The lowest BCUT2D eigenvalue weighted by atomic mass is 9.68.